The standard InChI is InChI=1S/C12H13F2NO2S/c13-8-1-2-9(10(14)5-8)11(16)15-6-12(17)3-4-18-7-12/h1-2,5,17H,3-4,6-7H2,(H,15,16). The van der Waals surface area contributed by atoms with Gasteiger partial charge in [0, 0.05) is 18.4 Å². The average Bonchev–Trinajstić information content (AvgIpc) is 2.74. The molecule has 1 aliphatic heterocycles. The minimum atomic E-state index is -0.920. The van der Waals surface area contributed by atoms with Crippen LogP contribution in [-0.4, -0.2) is 34.7 Å². The van der Waals surface area contributed by atoms with Gasteiger partial charge in [-0.05, 0) is 24.3 Å². The fourth-order valence-corrected chi connectivity index (χ4v) is 3.04. The van der Waals surface area contributed by atoms with Crippen molar-refractivity contribution in [2.24, 2.45) is 0 Å². The molecule has 0 saturated carbocycles. The molecule has 1 aliphatic rings. The number of thioether (sulfide) groups is 1. The first-order valence-electron chi connectivity index (χ1n) is 5.54. The van der Waals surface area contributed by atoms with Crippen LogP contribution in [-0.2, 0) is 0 Å². The summed E-state index contributed by atoms with van der Waals surface area (Å²) in [5.41, 5.74) is -1.14. The van der Waals surface area contributed by atoms with Crippen LogP contribution in [0.2, 0.25) is 0 Å². The number of nitrogens with one attached hydrogen (secondary N) is 1. The van der Waals surface area contributed by atoms with E-state index in [2.05, 4.69) is 5.32 Å². The van der Waals surface area contributed by atoms with Crippen molar-refractivity contribution >= 4 is 17.7 Å². The molecular formula is C12H13F2NO2S. The largest absolute Gasteiger partial charge is 0.387 e. The van der Waals surface area contributed by atoms with Crippen LogP contribution in [0, 0.1) is 11.6 Å². The Bertz CT molecular complexity index is 461. The first kappa shape index (κ1) is 13.3. The summed E-state index contributed by atoms with van der Waals surface area (Å²) in [6.45, 7) is 0.0790. The monoisotopic (exact) mass is 273 g/mol. The van der Waals surface area contributed by atoms with E-state index in [4.69, 9.17) is 0 Å². The summed E-state index contributed by atoms with van der Waals surface area (Å²) in [6, 6.07) is 2.78. The average molecular weight is 273 g/mol. The first-order valence-corrected chi connectivity index (χ1v) is 6.69. The number of carbonyl (C=O) groups is 1. The third-order valence-electron chi connectivity index (χ3n) is 2.84. The molecule has 1 heterocycles. The second-order valence-corrected chi connectivity index (χ2v) is 5.44. The van der Waals surface area contributed by atoms with E-state index in [1.54, 1.807) is 11.8 Å². The van der Waals surface area contributed by atoms with Crippen molar-refractivity contribution in [3.8, 4) is 0 Å². The number of hydrogen-bond donors (Lipinski definition) is 2. The van der Waals surface area contributed by atoms with Gasteiger partial charge >= 0.3 is 0 Å². The molecule has 1 aromatic rings. The molecule has 0 aromatic heterocycles. The molecule has 6 heteroatoms. The van der Waals surface area contributed by atoms with E-state index in [0.29, 0.717) is 18.2 Å². The van der Waals surface area contributed by atoms with Gasteiger partial charge in [-0.15, -0.1) is 0 Å². The van der Waals surface area contributed by atoms with Gasteiger partial charge in [-0.25, -0.2) is 8.78 Å². The lowest BCUT2D eigenvalue weighted by molar-refractivity contribution is 0.0611. The van der Waals surface area contributed by atoms with E-state index in [0.717, 1.165) is 17.9 Å². The lowest BCUT2D eigenvalue weighted by atomic mass is 10.0. The molecule has 3 nitrogen and oxygen atoms in total. The molecule has 0 spiro atoms. The smallest absolute Gasteiger partial charge is 0.254 e. The molecule has 1 fully saturated rings. The zero-order chi connectivity index (χ0) is 13.2. The number of hydrogen-bond acceptors (Lipinski definition) is 3. The quantitative estimate of drug-likeness (QED) is 0.878. The Balaban J connectivity index is 1.99. The Morgan fingerprint density at radius 3 is 2.89 bits per heavy atom. The second-order valence-electron chi connectivity index (χ2n) is 4.33. The van der Waals surface area contributed by atoms with Crippen LogP contribution in [0.4, 0.5) is 8.78 Å². The molecule has 1 saturated heterocycles. The summed E-state index contributed by atoms with van der Waals surface area (Å²) in [5, 5.41) is 12.5. The molecule has 0 bridgehead atoms. The Morgan fingerprint density at radius 1 is 1.50 bits per heavy atom. The van der Waals surface area contributed by atoms with Crippen LogP contribution in [0.3, 0.4) is 0 Å². The predicted molar refractivity (Wildman–Crippen MR) is 65.6 cm³/mol. The number of aliphatic hydroxyl groups is 1. The van der Waals surface area contributed by atoms with E-state index in [1.165, 1.54) is 0 Å². The highest BCUT2D eigenvalue weighted by molar-refractivity contribution is 7.99. The van der Waals surface area contributed by atoms with Gasteiger partial charge in [0.25, 0.3) is 5.91 Å². The van der Waals surface area contributed by atoms with Crippen molar-refractivity contribution in [1.82, 2.24) is 5.32 Å². The molecule has 0 aliphatic carbocycles. The Morgan fingerprint density at radius 2 is 2.28 bits per heavy atom. The Kier molecular flexibility index (Phi) is 3.87. The lowest BCUT2D eigenvalue weighted by Gasteiger charge is -2.21. The maximum absolute atomic E-state index is 13.3. The van der Waals surface area contributed by atoms with Crippen molar-refractivity contribution < 1.29 is 18.7 Å². The van der Waals surface area contributed by atoms with Crippen LogP contribution in [0.1, 0.15) is 16.8 Å². The van der Waals surface area contributed by atoms with Crippen LogP contribution in [0.15, 0.2) is 18.2 Å². The molecular weight excluding hydrogens is 260 g/mol. The van der Waals surface area contributed by atoms with Gasteiger partial charge in [0.05, 0.1) is 11.2 Å². The Labute approximate surface area is 108 Å². The van der Waals surface area contributed by atoms with Gasteiger partial charge in [0.1, 0.15) is 11.6 Å². The maximum atomic E-state index is 13.3. The third-order valence-corrected chi connectivity index (χ3v) is 4.07. The topological polar surface area (TPSA) is 49.3 Å². The third kappa shape index (κ3) is 3.00. The van der Waals surface area contributed by atoms with Gasteiger partial charge in [-0.2, -0.15) is 11.8 Å². The van der Waals surface area contributed by atoms with Crippen molar-refractivity contribution in [3.63, 3.8) is 0 Å². The van der Waals surface area contributed by atoms with Crippen LogP contribution in [0.25, 0.3) is 0 Å². The number of rotatable bonds is 3. The summed E-state index contributed by atoms with van der Waals surface area (Å²) < 4.78 is 26.0. The van der Waals surface area contributed by atoms with E-state index < -0.39 is 23.1 Å². The van der Waals surface area contributed by atoms with E-state index >= 15 is 0 Å². The fraction of sp³-hybridized carbons (Fsp3) is 0.417. The lowest BCUT2D eigenvalue weighted by Crippen LogP contribution is -2.43. The number of halogens is 2. The summed E-state index contributed by atoms with van der Waals surface area (Å²) in [4.78, 5) is 11.7. The normalized spacial score (nSPS) is 23.1. The number of amides is 1. The number of benzene rings is 1. The zero-order valence-corrected chi connectivity index (χ0v) is 10.4. The molecule has 0 radical (unpaired) electrons. The summed E-state index contributed by atoms with van der Waals surface area (Å²) in [6.07, 6.45) is 0.601. The summed E-state index contributed by atoms with van der Waals surface area (Å²) >= 11 is 1.61. The highest BCUT2D eigenvalue weighted by atomic mass is 32.2. The Hall–Kier alpha value is -1.14. The van der Waals surface area contributed by atoms with Gasteiger partial charge in [0.15, 0.2) is 0 Å². The molecule has 2 N–H and O–H groups in total. The summed E-state index contributed by atoms with van der Waals surface area (Å²) in [5.74, 6) is -0.871. The van der Waals surface area contributed by atoms with E-state index in [1.807, 2.05) is 0 Å². The molecule has 18 heavy (non-hydrogen) atoms. The SMILES string of the molecule is O=C(NCC1(O)CCSC1)c1ccc(F)cc1F. The molecule has 1 unspecified atom stereocenters. The molecule has 1 aromatic carbocycles. The van der Waals surface area contributed by atoms with Crippen molar-refractivity contribution in [2.45, 2.75) is 12.0 Å². The van der Waals surface area contributed by atoms with E-state index in [-0.39, 0.29) is 12.1 Å². The highest BCUT2D eigenvalue weighted by Crippen LogP contribution is 2.27. The number of carbonyl (C=O) groups excluding carboxylic acids is 1. The molecule has 1 atom stereocenters. The van der Waals surface area contributed by atoms with Gasteiger partial charge in [0.2, 0.25) is 0 Å². The minimum absolute atomic E-state index is 0.0790. The van der Waals surface area contributed by atoms with Crippen molar-refractivity contribution in [2.75, 3.05) is 18.1 Å². The van der Waals surface area contributed by atoms with Crippen LogP contribution in [0.5, 0.6) is 0 Å². The first-order chi connectivity index (χ1) is 8.50. The van der Waals surface area contributed by atoms with Crippen molar-refractivity contribution in [3.05, 3.63) is 35.4 Å². The maximum Gasteiger partial charge on any atom is 0.254 e. The minimum Gasteiger partial charge on any atom is -0.387 e. The molecule has 1 amide bonds. The van der Waals surface area contributed by atoms with E-state index in [9.17, 15) is 18.7 Å². The van der Waals surface area contributed by atoms with Gasteiger partial charge in [-0.1, -0.05) is 0 Å². The van der Waals surface area contributed by atoms with Gasteiger partial charge < -0.3 is 10.4 Å². The zero-order valence-electron chi connectivity index (χ0n) is 9.58. The predicted octanol–water partition coefficient (Wildman–Crippen LogP) is 1.56. The van der Waals surface area contributed by atoms with Crippen LogP contribution >= 0.6 is 11.8 Å². The summed E-state index contributed by atoms with van der Waals surface area (Å²) in [7, 11) is 0. The highest BCUT2D eigenvalue weighted by Gasteiger charge is 2.32. The van der Waals surface area contributed by atoms with Crippen molar-refractivity contribution in [1.29, 1.82) is 0 Å². The fourth-order valence-electron chi connectivity index (χ4n) is 1.75. The van der Waals surface area contributed by atoms with Gasteiger partial charge in [-0.3, -0.25) is 4.79 Å². The molecule has 98 valence electrons. The molecule has 2 rings (SSSR count). The second kappa shape index (κ2) is 5.24. The van der Waals surface area contributed by atoms with Crippen LogP contribution < -0.4 is 5.32 Å².